The lowest BCUT2D eigenvalue weighted by atomic mass is 10.1. The summed E-state index contributed by atoms with van der Waals surface area (Å²) in [4.78, 5) is 2.62. The highest BCUT2D eigenvalue weighted by Gasteiger charge is 2.08. The third kappa shape index (κ3) is 4.04. The normalized spacial score (nSPS) is 17.0. The Morgan fingerprint density at radius 3 is 2.76 bits per heavy atom. The number of piperidine rings is 1. The number of rotatable bonds is 5. The van der Waals surface area contributed by atoms with E-state index in [1.807, 2.05) is 7.05 Å². The first kappa shape index (κ1) is 12.4. The maximum Gasteiger partial charge on any atom is 0.0340 e. The molecule has 2 rings (SSSR count). The molecule has 17 heavy (non-hydrogen) atoms. The first-order valence-electron chi connectivity index (χ1n) is 6.87. The maximum atomic E-state index is 3.20. The first-order chi connectivity index (χ1) is 8.38. The van der Waals surface area contributed by atoms with Crippen molar-refractivity contribution in [3.63, 3.8) is 0 Å². The maximum absolute atomic E-state index is 3.20. The van der Waals surface area contributed by atoms with Gasteiger partial charge in [0.05, 0.1) is 0 Å². The zero-order valence-electron chi connectivity index (χ0n) is 10.9. The van der Waals surface area contributed by atoms with Crippen LogP contribution >= 0.6 is 0 Å². The van der Waals surface area contributed by atoms with E-state index in [4.69, 9.17) is 0 Å². The molecule has 0 amide bonds. The predicted molar refractivity (Wildman–Crippen MR) is 74.6 cm³/mol. The van der Waals surface area contributed by atoms with E-state index in [-0.39, 0.29) is 0 Å². The molecule has 1 saturated heterocycles. The minimum Gasteiger partial charge on any atom is -0.388 e. The molecule has 0 saturated carbocycles. The zero-order valence-corrected chi connectivity index (χ0v) is 10.9. The molecule has 2 heteroatoms. The van der Waals surface area contributed by atoms with E-state index in [1.165, 1.54) is 63.0 Å². The molecule has 1 aliphatic heterocycles. The summed E-state index contributed by atoms with van der Waals surface area (Å²) in [6, 6.07) is 8.75. The van der Waals surface area contributed by atoms with Gasteiger partial charge in [-0.25, -0.2) is 0 Å². The zero-order chi connectivity index (χ0) is 11.9. The largest absolute Gasteiger partial charge is 0.388 e. The Morgan fingerprint density at radius 2 is 2.00 bits per heavy atom. The second-order valence-electron chi connectivity index (χ2n) is 4.96. The van der Waals surface area contributed by atoms with Gasteiger partial charge in [0.2, 0.25) is 0 Å². The fraction of sp³-hybridized carbons (Fsp3) is 0.600. The predicted octanol–water partition coefficient (Wildman–Crippen LogP) is 3.15. The van der Waals surface area contributed by atoms with Crippen molar-refractivity contribution < 1.29 is 0 Å². The van der Waals surface area contributed by atoms with Crippen molar-refractivity contribution in [3.8, 4) is 0 Å². The minimum atomic E-state index is 1.20. The average molecular weight is 232 g/mol. The molecule has 0 radical (unpaired) electrons. The molecule has 1 aromatic rings. The molecule has 94 valence electrons. The monoisotopic (exact) mass is 232 g/mol. The molecule has 2 nitrogen and oxygen atoms in total. The lowest BCUT2D eigenvalue weighted by Gasteiger charge is -2.26. The van der Waals surface area contributed by atoms with Crippen molar-refractivity contribution in [1.29, 1.82) is 0 Å². The van der Waals surface area contributed by atoms with Crippen LogP contribution in [-0.2, 0) is 6.42 Å². The van der Waals surface area contributed by atoms with Crippen LogP contribution in [0.2, 0.25) is 0 Å². The Hall–Kier alpha value is -1.02. The van der Waals surface area contributed by atoms with Gasteiger partial charge >= 0.3 is 0 Å². The third-order valence-corrected chi connectivity index (χ3v) is 3.60. The first-order valence-corrected chi connectivity index (χ1v) is 6.87. The number of likely N-dealkylation sites (tertiary alicyclic amines) is 1. The summed E-state index contributed by atoms with van der Waals surface area (Å²) >= 11 is 0. The number of nitrogens with zero attached hydrogens (tertiary/aromatic N) is 1. The molecular weight excluding hydrogens is 208 g/mol. The number of aryl methyl sites for hydroxylation is 1. The van der Waals surface area contributed by atoms with Crippen LogP contribution in [-0.4, -0.2) is 31.6 Å². The molecular formula is C15H24N2. The van der Waals surface area contributed by atoms with Crippen molar-refractivity contribution in [1.82, 2.24) is 4.90 Å². The molecule has 1 aliphatic rings. The van der Waals surface area contributed by atoms with Crippen LogP contribution in [0.5, 0.6) is 0 Å². The van der Waals surface area contributed by atoms with Gasteiger partial charge in [0.25, 0.3) is 0 Å². The van der Waals surface area contributed by atoms with Gasteiger partial charge in [-0.15, -0.1) is 0 Å². The third-order valence-electron chi connectivity index (χ3n) is 3.60. The lowest BCUT2D eigenvalue weighted by Crippen LogP contribution is -2.30. The molecule has 0 atom stereocenters. The Kier molecular flexibility index (Phi) is 4.87. The van der Waals surface area contributed by atoms with Crippen LogP contribution in [0, 0.1) is 0 Å². The van der Waals surface area contributed by atoms with Crippen LogP contribution in [0.1, 0.15) is 31.2 Å². The van der Waals surface area contributed by atoms with Crippen molar-refractivity contribution in [3.05, 3.63) is 29.8 Å². The minimum absolute atomic E-state index is 1.20. The fourth-order valence-corrected chi connectivity index (χ4v) is 2.57. The highest BCUT2D eigenvalue weighted by atomic mass is 15.1. The molecule has 0 aromatic heterocycles. The number of anilines is 1. The molecule has 0 unspecified atom stereocenters. The molecule has 0 bridgehead atoms. The summed E-state index contributed by atoms with van der Waals surface area (Å²) in [5.74, 6) is 0. The Labute approximate surface area is 105 Å². The van der Waals surface area contributed by atoms with Crippen molar-refractivity contribution in [2.75, 3.05) is 32.0 Å². The van der Waals surface area contributed by atoms with Gasteiger partial charge in [-0.2, -0.15) is 0 Å². The standard InChI is InChI=1S/C15H24N2/c1-16-15-9-5-7-14(13-15)8-6-12-17-10-3-2-4-11-17/h5,7,9,13,16H,2-4,6,8,10-12H2,1H3. The van der Waals surface area contributed by atoms with Crippen molar-refractivity contribution in [2.24, 2.45) is 0 Å². The summed E-state index contributed by atoms with van der Waals surface area (Å²) in [5, 5.41) is 3.20. The molecule has 0 spiro atoms. The number of hydrogen-bond acceptors (Lipinski definition) is 2. The Morgan fingerprint density at radius 1 is 1.18 bits per heavy atom. The SMILES string of the molecule is CNc1cccc(CCCN2CCCCC2)c1. The van der Waals surface area contributed by atoms with E-state index in [0.29, 0.717) is 0 Å². The van der Waals surface area contributed by atoms with Gasteiger partial charge in [0, 0.05) is 12.7 Å². The summed E-state index contributed by atoms with van der Waals surface area (Å²) in [7, 11) is 1.98. The number of nitrogens with one attached hydrogen (secondary N) is 1. The highest BCUT2D eigenvalue weighted by molar-refractivity contribution is 5.44. The fourth-order valence-electron chi connectivity index (χ4n) is 2.57. The van der Waals surface area contributed by atoms with E-state index in [9.17, 15) is 0 Å². The Bertz CT molecular complexity index is 329. The van der Waals surface area contributed by atoms with E-state index in [2.05, 4.69) is 34.5 Å². The molecule has 1 fully saturated rings. The smallest absolute Gasteiger partial charge is 0.0340 e. The number of hydrogen-bond donors (Lipinski definition) is 1. The molecule has 1 heterocycles. The van der Waals surface area contributed by atoms with E-state index < -0.39 is 0 Å². The van der Waals surface area contributed by atoms with Gasteiger partial charge in [-0.3, -0.25) is 0 Å². The van der Waals surface area contributed by atoms with Crippen molar-refractivity contribution >= 4 is 5.69 Å². The van der Waals surface area contributed by atoms with Crippen molar-refractivity contribution in [2.45, 2.75) is 32.1 Å². The van der Waals surface area contributed by atoms with Gasteiger partial charge in [0.1, 0.15) is 0 Å². The van der Waals surface area contributed by atoms with Crippen LogP contribution in [0.4, 0.5) is 5.69 Å². The van der Waals surface area contributed by atoms with E-state index >= 15 is 0 Å². The second kappa shape index (κ2) is 6.65. The van der Waals surface area contributed by atoms with E-state index in [1.54, 1.807) is 0 Å². The topological polar surface area (TPSA) is 15.3 Å². The quantitative estimate of drug-likeness (QED) is 0.839. The van der Waals surface area contributed by atoms with E-state index in [0.717, 1.165) is 0 Å². The summed E-state index contributed by atoms with van der Waals surface area (Å²) in [6.45, 7) is 3.90. The Balaban J connectivity index is 1.73. The van der Waals surface area contributed by atoms with Crippen LogP contribution in [0.25, 0.3) is 0 Å². The van der Waals surface area contributed by atoms with Gasteiger partial charge in [0.15, 0.2) is 0 Å². The summed E-state index contributed by atoms with van der Waals surface area (Å²) < 4.78 is 0. The van der Waals surface area contributed by atoms with Crippen LogP contribution < -0.4 is 5.32 Å². The summed E-state index contributed by atoms with van der Waals surface area (Å²) in [5.41, 5.74) is 2.68. The molecule has 1 N–H and O–H groups in total. The molecule has 0 aliphatic carbocycles. The van der Waals surface area contributed by atoms with Crippen LogP contribution in [0.15, 0.2) is 24.3 Å². The second-order valence-corrected chi connectivity index (χ2v) is 4.96. The summed E-state index contributed by atoms with van der Waals surface area (Å²) in [6.07, 6.45) is 6.71. The van der Waals surface area contributed by atoms with Gasteiger partial charge in [-0.05, 0) is 63.0 Å². The van der Waals surface area contributed by atoms with Gasteiger partial charge < -0.3 is 10.2 Å². The molecule has 1 aromatic carbocycles. The van der Waals surface area contributed by atoms with Gasteiger partial charge in [-0.1, -0.05) is 18.6 Å². The lowest BCUT2D eigenvalue weighted by molar-refractivity contribution is 0.226. The highest BCUT2D eigenvalue weighted by Crippen LogP contribution is 2.13. The average Bonchev–Trinajstić information content (AvgIpc) is 2.40. The number of benzene rings is 1. The van der Waals surface area contributed by atoms with Crippen LogP contribution in [0.3, 0.4) is 0 Å².